The molecule has 13 heavy (non-hydrogen) atoms. The van der Waals surface area contributed by atoms with E-state index in [1.165, 1.54) is 0 Å². The highest BCUT2D eigenvalue weighted by molar-refractivity contribution is 9.10. The molecule has 0 amide bonds. The predicted octanol–water partition coefficient (Wildman–Crippen LogP) is 1.44. The third-order valence-corrected chi connectivity index (χ3v) is 2.65. The number of aliphatic hydroxyl groups excluding tert-OH is 2. The van der Waals surface area contributed by atoms with Crippen molar-refractivity contribution in [1.82, 2.24) is 0 Å². The van der Waals surface area contributed by atoms with Gasteiger partial charge in [-0.05, 0) is 39.2 Å². The van der Waals surface area contributed by atoms with Crippen LogP contribution in [0.2, 0.25) is 0 Å². The maximum atomic E-state index is 8.99. The molecule has 0 heterocycles. The fourth-order valence-electron chi connectivity index (χ4n) is 1.07. The summed E-state index contributed by atoms with van der Waals surface area (Å²) >= 11 is 3.30. The van der Waals surface area contributed by atoms with Crippen molar-refractivity contribution in [3.63, 3.8) is 0 Å². The second-order valence-electron chi connectivity index (χ2n) is 2.59. The van der Waals surface area contributed by atoms with Crippen LogP contribution < -0.4 is 4.74 Å². The minimum atomic E-state index is -0.0786. The SMILES string of the molecule is COc1cc(CO)cc(CO)c1Br. The Kier molecular flexibility index (Phi) is 3.71. The Morgan fingerprint density at radius 2 is 2.00 bits per heavy atom. The zero-order chi connectivity index (χ0) is 9.84. The van der Waals surface area contributed by atoms with Crippen LogP contribution in [-0.2, 0) is 13.2 Å². The number of hydrogen-bond donors (Lipinski definition) is 2. The molecule has 0 aromatic heterocycles. The first kappa shape index (κ1) is 10.5. The molecule has 0 spiro atoms. The maximum absolute atomic E-state index is 8.99. The van der Waals surface area contributed by atoms with E-state index in [4.69, 9.17) is 14.9 Å². The number of aliphatic hydroxyl groups is 2. The first-order valence-corrected chi connectivity index (χ1v) is 4.59. The normalized spacial score (nSPS) is 10.2. The third kappa shape index (κ3) is 2.21. The zero-order valence-corrected chi connectivity index (χ0v) is 8.84. The van der Waals surface area contributed by atoms with Crippen molar-refractivity contribution in [2.75, 3.05) is 7.11 Å². The minimum absolute atomic E-state index is 0.0589. The highest BCUT2D eigenvalue weighted by Gasteiger charge is 2.07. The molecule has 0 aliphatic heterocycles. The van der Waals surface area contributed by atoms with Crippen LogP contribution in [0.5, 0.6) is 5.75 Å². The van der Waals surface area contributed by atoms with Crippen molar-refractivity contribution in [2.45, 2.75) is 13.2 Å². The molecule has 0 aliphatic rings. The fraction of sp³-hybridized carbons (Fsp3) is 0.333. The molecule has 3 nitrogen and oxygen atoms in total. The molecule has 0 atom stereocenters. The van der Waals surface area contributed by atoms with Crippen molar-refractivity contribution in [2.24, 2.45) is 0 Å². The summed E-state index contributed by atoms with van der Waals surface area (Å²) in [6.45, 7) is -0.137. The second-order valence-corrected chi connectivity index (χ2v) is 3.38. The Hall–Kier alpha value is -0.580. The average molecular weight is 247 g/mol. The van der Waals surface area contributed by atoms with Crippen LogP contribution in [0.25, 0.3) is 0 Å². The standard InChI is InChI=1S/C9H11BrO3/c1-13-8-3-6(4-11)2-7(5-12)9(8)10/h2-3,11-12H,4-5H2,1H3. The zero-order valence-electron chi connectivity index (χ0n) is 7.25. The van der Waals surface area contributed by atoms with Gasteiger partial charge in [0, 0.05) is 0 Å². The summed E-state index contributed by atoms with van der Waals surface area (Å²) in [5, 5.41) is 17.9. The Bertz CT molecular complexity index is 274. The Morgan fingerprint density at radius 3 is 2.46 bits per heavy atom. The van der Waals surface area contributed by atoms with Gasteiger partial charge in [-0.1, -0.05) is 0 Å². The van der Waals surface area contributed by atoms with Gasteiger partial charge in [0.2, 0.25) is 0 Å². The van der Waals surface area contributed by atoms with E-state index in [0.717, 1.165) is 10.0 Å². The van der Waals surface area contributed by atoms with Gasteiger partial charge in [0.05, 0.1) is 24.8 Å². The van der Waals surface area contributed by atoms with Gasteiger partial charge < -0.3 is 14.9 Å². The van der Waals surface area contributed by atoms with Crippen LogP contribution in [-0.4, -0.2) is 17.3 Å². The Labute approximate surface area is 85.1 Å². The maximum Gasteiger partial charge on any atom is 0.133 e. The molecule has 0 bridgehead atoms. The number of hydrogen-bond acceptors (Lipinski definition) is 3. The predicted molar refractivity (Wildman–Crippen MR) is 52.5 cm³/mol. The number of ether oxygens (including phenoxy) is 1. The first-order chi connectivity index (χ1) is 6.22. The summed E-state index contributed by atoms with van der Waals surface area (Å²) in [5.74, 6) is 0.621. The topological polar surface area (TPSA) is 49.7 Å². The van der Waals surface area contributed by atoms with Crippen LogP contribution >= 0.6 is 15.9 Å². The molecule has 0 aliphatic carbocycles. The fourth-order valence-corrected chi connectivity index (χ4v) is 1.59. The summed E-state index contributed by atoms with van der Waals surface area (Å²) in [6.07, 6.45) is 0. The number of rotatable bonds is 3. The number of halogens is 1. The highest BCUT2D eigenvalue weighted by Crippen LogP contribution is 2.30. The monoisotopic (exact) mass is 246 g/mol. The lowest BCUT2D eigenvalue weighted by Gasteiger charge is -2.09. The largest absolute Gasteiger partial charge is 0.496 e. The van der Waals surface area contributed by atoms with E-state index < -0.39 is 0 Å². The van der Waals surface area contributed by atoms with Crippen LogP contribution in [0.3, 0.4) is 0 Å². The molecule has 1 rings (SSSR count). The molecule has 0 unspecified atom stereocenters. The van der Waals surface area contributed by atoms with Crippen LogP contribution in [0.1, 0.15) is 11.1 Å². The van der Waals surface area contributed by atoms with E-state index in [0.29, 0.717) is 11.3 Å². The van der Waals surface area contributed by atoms with Crippen molar-refractivity contribution < 1.29 is 14.9 Å². The second kappa shape index (κ2) is 4.60. The van der Waals surface area contributed by atoms with E-state index >= 15 is 0 Å². The molecule has 0 saturated carbocycles. The van der Waals surface area contributed by atoms with E-state index in [1.54, 1.807) is 19.2 Å². The summed E-state index contributed by atoms with van der Waals surface area (Å²) in [4.78, 5) is 0. The summed E-state index contributed by atoms with van der Waals surface area (Å²) in [5.41, 5.74) is 1.44. The summed E-state index contributed by atoms with van der Waals surface area (Å²) < 4.78 is 5.79. The van der Waals surface area contributed by atoms with Crippen LogP contribution in [0.4, 0.5) is 0 Å². The first-order valence-electron chi connectivity index (χ1n) is 3.80. The summed E-state index contributed by atoms with van der Waals surface area (Å²) in [6, 6.07) is 3.45. The molecule has 1 aromatic rings. The van der Waals surface area contributed by atoms with E-state index in [-0.39, 0.29) is 13.2 Å². The van der Waals surface area contributed by atoms with Gasteiger partial charge in [-0.2, -0.15) is 0 Å². The lowest BCUT2D eigenvalue weighted by Crippen LogP contribution is -1.94. The van der Waals surface area contributed by atoms with Gasteiger partial charge in [0.25, 0.3) is 0 Å². The van der Waals surface area contributed by atoms with E-state index in [2.05, 4.69) is 15.9 Å². The lowest BCUT2D eigenvalue weighted by atomic mass is 10.1. The smallest absolute Gasteiger partial charge is 0.133 e. The average Bonchev–Trinajstić information content (AvgIpc) is 2.18. The van der Waals surface area contributed by atoms with Gasteiger partial charge in [-0.25, -0.2) is 0 Å². The quantitative estimate of drug-likeness (QED) is 0.849. The molecule has 4 heteroatoms. The van der Waals surface area contributed by atoms with Gasteiger partial charge >= 0.3 is 0 Å². The molecule has 2 N–H and O–H groups in total. The third-order valence-electron chi connectivity index (χ3n) is 1.75. The highest BCUT2D eigenvalue weighted by atomic mass is 79.9. The molecular formula is C9H11BrO3. The number of benzene rings is 1. The van der Waals surface area contributed by atoms with Crippen LogP contribution in [0.15, 0.2) is 16.6 Å². The van der Waals surface area contributed by atoms with Gasteiger partial charge in [0.1, 0.15) is 5.75 Å². The lowest BCUT2D eigenvalue weighted by molar-refractivity contribution is 0.273. The molecule has 1 aromatic carbocycles. The van der Waals surface area contributed by atoms with Gasteiger partial charge in [-0.3, -0.25) is 0 Å². The van der Waals surface area contributed by atoms with Crippen molar-refractivity contribution in [3.05, 3.63) is 27.7 Å². The molecule has 0 radical (unpaired) electrons. The number of methoxy groups -OCH3 is 1. The molecule has 0 fully saturated rings. The summed E-state index contributed by atoms with van der Waals surface area (Å²) in [7, 11) is 1.54. The minimum Gasteiger partial charge on any atom is -0.496 e. The molecular weight excluding hydrogens is 236 g/mol. The van der Waals surface area contributed by atoms with Crippen LogP contribution in [0, 0.1) is 0 Å². The van der Waals surface area contributed by atoms with Gasteiger partial charge in [-0.15, -0.1) is 0 Å². The van der Waals surface area contributed by atoms with Crippen molar-refractivity contribution in [1.29, 1.82) is 0 Å². The molecule has 72 valence electrons. The Morgan fingerprint density at radius 1 is 1.31 bits per heavy atom. The van der Waals surface area contributed by atoms with Crippen molar-refractivity contribution in [3.8, 4) is 5.75 Å². The van der Waals surface area contributed by atoms with Gasteiger partial charge in [0.15, 0.2) is 0 Å². The van der Waals surface area contributed by atoms with Crippen molar-refractivity contribution >= 4 is 15.9 Å². The Balaban J connectivity index is 3.20. The molecule has 0 saturated heterocycles. The van der Waals surface area contributed by atoms with E-state index in [9.17, 15) is 0 Å². The van der Waals surface area contributed by atoms with E-state index in [1.807, 2.05) is 0 Å².